The van der Waals surface area contributed by atoms with E-state index in [1.165, 1.54) is 0 Å². The lowest BCUT2D eigenvalue weighted by Gasteiger charge is -2.20. The van der Waals surface area contributed by atoms with Crippen LogP contribution in [-0.2, 0) is 0 Å². The number of nitrogens with one attached hydrogen (secondary N) is 3. The largest absolute Gasteiger partial charge is 0.497 e. The van der Waals surface area contributed by atoms with Crippen LogP contribution in [-0.4, -0.2) is 39.2 Å². The first-order valence-electron chi connectivity index (χ1n) is 12.8. The summed E-state index contributed by atoms with van der Waals surface area (Å²) in [5.74, 6) is 1.07. The number of aromatic amines is 1. The molecule has 2 amide bonds. The number of rotatable bonds is 7. The minimum Gasteiger partial charge on any atom is -0.497 e. The zero-order valence-electron chi connectivity index (χ0n) is 22.3. The van der Waals surface area contributed by atoms with Gasteiger partial charge in [-0.15, -0.1) is 0 Å². The van der Waals surface area contributed by atoms with E-state index >= 15 is 0 Å². The minimum absolute atomic E-state index is 0.111. The number of methoxy groups -OCH3 is 1. The van der Waals surface area contributed by atoms with Crippen molar-refractivity contribution in [1.82, 2.24) is 24.8 Å². The van der Waals surface area contributed by atoms with Crippen LogP contribution in [0, 0.1) is 6.92 Å². The average molecular weight is 523 g/mol. The van der Waals surface area contributed by atoms with E-state index < -0.39 is 0 Å². The maximum absolute atomic E-state index is 13.5. The van der Waals surface area contributed by atoms with Gasteiger partial charge in [0.15, 0.2) is 0 Å². The highest BCUT2D eigenvalue weighted by Crippen LogP contribution is 2.33. The monoisotopic (exact) mass is 522 g/mol. The number of carbonyl (C=O) groups is 1. The normalized spacial score (nSPS) is 11.8. The van der Waals surface area contributed by atoms with Crippen LogP contribution in [0.25, 0.3) is 33.4 Å². The molecule has 0 aliphatic heterocycles. The number of ether oxygens (including phenoxy) is 1. The van der Waals surface area contributed by atoms with Gasteiger partial charge < -0.3 is 19.6 Å². The molecule has 2 aromatic carbocycles. The third kappa shape index (κ3) is 5.24. The van der Waals surface area contributed by atoms with E-state index in [2.05, 4.69) is 25.6 Å². The molecule has 0 aliphatic carbocycles. The summed E-state index contributed by atoms with van der Waals surface area (Å²) in [5.41, 5.74) is 6.23. The van der Waals surface area contributed by atoms with E-state index in [0.29, 0.717) is 18.0 Å². The predicted octanol–water partition coefficient (Wildman–Crippen LogP) is 5.52. The van der Waals surface area contributed by atoms with Crippen LogP contribution in [0.4, 0.5) is 10.7 Å². The number of aromatic nitrogens is 4. The lowest BCUT2D eigenvalue weighted by Crippen LogP contribution is -2.28. The van der Waals surface area contributed by atoms with Gasteiger partial charge in [0.1, 0.15) is 5.75 Å². The van der Waals surface area contributed by atoms with E-state index in [1.807, 2.05) is 81.4 Å². The van der Waals surface area contributed by atoms with Gasteiger partial charge in [-0.2, -0.15) is 0 Å². The van der Waals surface area contributed by atoms with Crippen LogP contribution in [0.5, 0.6) is 5.75 Å². The topological polar surface area (TPSA) is 114 Å². The number of benzene rings is 2. The summed E-state index contributed by atoms with van der Waals surface area (Å²) < 4.78 is 7.15. The van der Waals surface area contributed by atoms with Gasteiger partial charge in [0.25, 0.3) is 5.56 Å². The number of hydrogen-bond donors (Lipinski definition) is 3. The number of carbonyl (C=O) groups excluding carboxylic acids is 1. The molecule has 1 atom stereocenters. The SMILES string of the molecule is CCNC(=O)Nc1nc2cc(-c3cc(C)n(C(C)c4cccc(OC)c4)c(=O)c3)cc(-c3ccccn3)c2[nH]1. The van der Waals surface area contributed by atoms with Crippen molar-refractivity contribution in [2.24, 2.45) is 0 Å². The van der Waals surface area contributed by atoms with Crippen molar-refractivity contribution >= 4 is 23.0 Å². The van der Waals surface area contributed by atoms with Crippen LogP contribution < -0.4 is 20.9 Å². The second-order valence-corrected chi connectivity index (χ2v) is 9.25. The fourth-order valence-corrected chi connectivity index (χ4v) is 4.80. The molecule has 0 radical (unpaired) electrons. The Kier molecular flexibility index (Phi) is 7.14. The highest BCUT2D eigenvalue weighted by Gasteiger charge is 2.17. The Hall–Kier alpha value is -4.92. The quantitative estimate of drug-likeness (QED) is 0.260. The number of amides is 2. The second-order valence-electron chi connectivity index (χ2n) is 9.25. The van der Waals surface area contributed by atoms with Crippen molar-refractivity contribution in [1.29, 1.82) is 0 Å². The van der Waals surface area contributed by atoms with Gasteiger partial charge >= 0.3 is 6.03 Å². The van der Waals surface area contributed by atoms with Gasteiger partial charge in [-0.3, -0.25) is 15.1 Å². The molecule has 0 saturated heterocycles. The first-order valence-corrected chi connectivity index (χ1v) is 12.8. The predicted molar refractivity (Wildman–Crippen MR) is 153 cm³/mol. The van der Waals surface area contributed by atoms with E-state index in [1.54, 1.807) is 23.9 Å². The Labute approximate surface area is 225 Å². The molecular weight excluding hydrogens is 492 g/mol. The van der Waals surface area contributed by atoms with Gasteiger partial charge in [0.05, 0.1) is 29.9 Å². The van der Waals surface area contributed by atoms with E-state index in [9.17, 15) is 9.59 Å². The van der Waals surface area contributed by atoms with Gasteiger partial charge in [-0.1, -0.05) is 18.2 Å². The fraction of sp³-hybridized carbons (Fsp3) is 0.200. The van der Waals surface area contributed by atoms with Crippen LogP contribution in [0.2, 0.25) is 0 Å². The molecule has 0 aliphatic rings. The van der Waals surface area contributed by atoms with Crippen molar-refractivity contribution in [2.75, 3.05) is 19.0 Å². The number of fused-ring (bicyclic) bond motifs is 1. The summed E-state index contributed by atoms with van der Waals surface area (Å²) in [6, 6.07) is 20.4. The molecule has 3 aromatic heterocycles. The van der Waals surface area contributed by atoms with E-state index in [4.69, 9.17) is 4.74 Å². The van der Waals surface area contributed by atoms with Gasteiger partial charge in [-0.05, 0) is 79.9 Å². The van der Waals surface area contributed by atoms with E-state index in [0.717, 1.165) is 44.9 Å². The number of imidazole rings is 1. The molecule has 9 nitrogen and oxygen atoms in total. The maximum Gasteiger partial charge on any atom is 0.321 e. The van der Waals surface area contributed by atoms with Crippen LogP contribution >= 0.6 is 0 Å². The number of anilines is 1. The van der Waals surface area contributed by atoms with Crippen LogP contribution in [0.3, 0.4) is 0 Å². The minimum atomic E-state index is -0.347. The van der Waals surface area contributed by atoms with Gasteiger partial charge in [-0.25, -0.2) is 9.78 Å². The zero-order chi connectivity index (χ0) is 27.5. The molecule has 0 spiro atoms. The number of pyridine rings is 2. The lowest BCUT2D eigenvalue weighted by molar-refractivity contribution is 0.252. The molecule has 9 heteroatoms. The molecule has 0 fully saturated rings. The van der Waals surface area contributed by atoms with E-state index in [-0.39, 0.29) is 17.6 Å². The Morgan fingerprint density at radius 3 is 2.62 bits per heavy atom. The number of urea groups is 1. The molecular formula is C30H30N6O3. The standard InChI is InChI=1S/C30H30N6O3/c1-5-31-30(38)35-29-33-26-16-22(15-24(28(26)34-29)25-11-6-7-12-32-25)21-13-18(2)36(27(37)17-21)19(3)20-9-8-10-23(14-20)39-4/h6-17,19H,5H2,1-4H3,(H3,31,33,34,35,38). The van der Waals surface area contributed by atoms with Gasteiger partial charge in [0, 0.05) is 30.1 Å². The van der Waals surface area contributed by atoms with Crippen molar-refractivity contribution in [3.05, 3.63) is 94.5 Å². The molecule has 1 unspecified atom stereocenters. The number of aryl methyl sites for hydroxylation is 1. The maximum atomic E-state index is 13.5. The Morgan fingerprint density at radius 2 is 1.90 bits per heavy atom. The third-order valence-electron chi connectivity index (χ3n) is 6.66. The fourth-order valence-electron chi connectivity index (χ4n) is 4.80. The molecule has 5 aromatic rings. The molecule has 3 heterocycles. The summed E-state index contributed by atoms with van der Waals surface area (Å²) in [6.45, 7) is 6.28. The van der Waals surface area contributed by atoms with Crippen LogP contribution in [0.1, 0.15) is 31.1 Å². The summed E-state index contributed by atoms with van der Waals surface area (Å²) in [5, 5.41) is 5.43. The Bertz CT molecular complexity index is 1710. The number of nitrogens with zero attached hydrogens (tertiary/aromatic N) is 3. The Morgan fingerprint density at radius 1 is 1.08 bits per heavy atom. The first-order chi connectivity index (χ1) is 18.9. The van der Waals surface area contributed by atoms with Crippen LogP contribution in [0.15, 0.2) is 77.7 Å². The van der Waals surface area contributed by atoms with Crippen molar-refractivity contribution in [3.8, 4) is 28.1 Å². The van der Waals surface area contributed by atoms with Crippen molar-refractivity contribution < 1.29 is 9.53 Å². The molecule has 0 bridgehead atoms. The highest BCUT2D eigenvalue weighted by molar-refractivity contribution is 5.98. The lowest BCUT2D eigenvalue weighted by atomic mass is 9.99. The van der Waals surface area contributed by atoms with Crippen molar-refractivity contribution in [2.45, 2.75) is 26.8 Å². The number of H-pyrrole nitrogens is 1. The second kappa shape index (κ2) is 10.8. The summed E-state index contributed by atoms with van der Waals surface area (Å²) in [4.78, 5) is 37.9. The molecule has 3 N–H and O–H groups in total. The summed E-state index contributed by atoms with van der Waals surface area (Å²) in [7, 11) is 1.63. The smallest absolute Gasteiger partial charge is 0.321 e. The van der Waals surface area contributed by atoms with Crippen molar-refractivity contribution in [3.63, 3.8) is 0 Å². The summed E-state index contributed by atoms with van der Waals surface area (Å²) >= 11 is 0. The van der Waals surface area contributed by atoms with Gasteiger partial charge in [0.2, 0.25) is 5.95 Å². The summed E-state index contributed by atoms with van der Waals surface area (Å²) in [6.07, 6.45) is 1.73. The third-order valence-corrected chi connectivity index (χ3v) is 6.66. The number of hydrogen-bond acceptors (Lipinski definition) is 5. The highest BCUT2D eigenvalue weighted by atomic mass is 16.5. The average Bonchev–Trinajstić information content (AvgIpc) is 3.34. The first kappa shape index (κ1) is 25.7. The zero-order valence-corrected chi connectivity index (χ0v) is 22.3. The molecule has 39 heavy (non-hydrogen) atoms. The molecule has 0 saturated carbocycles. The Balaban J connectivity index is 1.60. The molecule has 5 rings (SSSR count). The molecule has 198 valence electrons.